The summed E-state index contributed by atoms with van der Waals surface area (Å²) in [6.45, 7) is 0. The molecule has 2 nitrogen and oxygen atoms in total. The highest BCUT2D eigenvalue weighted by Gasteiger charge is 2.31. The first-order chi connectivity index (χ1) is 13.6. The second-order valence-corrected chi connectivity index (χ2v) is 6.34. The SMILES string of the molecule is FC(F)(F)c1ccc2c(Cl)ccnc2c1.FC(F)(F)c1ccc2cccnc2c1. The monoisotopic (exact) mass is 428 g/mol. The van der Waals surface area contributed by atoms with Gasteiger partial charge in [-0.25, -0.2) is 0 Å². The first-order valence-corrected chi connectivity index (χ1v) is 8.47. The number of alkyl halides is 6. The number of nitrogens with zero attached hydrogens (tertiary/aromatic N) is 2. The van der Waals surface area contributed by atoms with Crippen molar-refractivity contribution < 1.29 is 26.3 Å². The number of hydrogen-bond acceptors (Lipinski definition) is 2. The lowest BCUT2D eigenvalue weighted by molar-refractivity contribution is -0.138. The zero-order valence-electron chi connectivity index (χ0n) is 14.4. The molecule has 0 atom stereocenters. The lowest BCUT2D eigenvalue weighted by Crippen LogP contribution is -2.04. The summed E-state index contributed by atoms with van der Waals surface area (Å²) in [5.74, 6) is 0. The minimum absolute atomic E-state index is 0.248. The van der Waals surface area contributed by atoms with Gasteiger partial charge in [0, 0.05) is 23.2 Å². The Morgan fingerprint density at radius 2 is 1.24 bits per heavy atom. The van der Waals surface area contributed by atoms with Gasteiger partial charge in [-0.15, -0.1) is 0 Å². The summed E-state index contributed by atoms with van der Waals surface area (Å²) < 4.78 is 73.9. The molecule has 0 saturated heterocycles. The van der Waals surface area contributed by atoms with E-state index in [4.69, 9.17) is 11.6 Å². The fourth-order valence-corrected chi connectivity index (χ4v) is 2.75. The number of benzene rings is 2. The number of aromatic nitrogens is 2. The topological polar surface area (TPSA) is 25.8 Å². The standard InChI is InChI=1S/C10H5ClF3N.C10H6F3N/c11-8-3-4-15-9-5-6(10(12,13)14)1-2-7(8)9;11-10(12,13)8-4-3-7-2-1-5-14-9(7)6-8/h1-5H;1-6H. The molecule has 0 aliphatic rings. The van der Waals surface area contributed by atoms with E-state index in [1.807, 2.05) is 0 Å². The summed E-state index contributed by atoms with van der Waals surface area (Å²) in [6, 6.07) is 11.8. The zero-order valence-corrected chi connectivity index (χ0v) is 15.1. The highest BCUT2D eigenvalue weighted by molar-refractivity contribution is 6.35. The molecule has 29 heavy (non-hydrogen) atoms. The fourth-order valence-electron chi connectivity index (χ4n) is 2.53. The van der Waals surface area contributed by atoms with E-state index in [0.29, 0.717) is 21.3 Å². The van der Waals surface area contributed by atoms with E-state index in [2.05, 4.69) is 9.97 Å². The van der Waals surface area contributed by atoms with Crippen LogP contribution in [0.1, 0.15) is 11.1 Å². The van der Waals surface area contributed by atoms with Crippen LogP contribution >= 0.6 is 11.6 Å². The molecule has 0 aliphatic heterocycles. The van der Waals surface area contributed by atoms with Gasteiger partial charge < -0.3 is 0 Å². The van der Waals surface area contributed by atoms with Crippen molar-refractivity contribution in [1.29, 1.82) is 0 Å². The maximum atomic E-state index is 12.4. The molecule has 0 aliphatic carbocycles. The van der Waals surface area contributed by atoms with Crippen molar-refractivity contribution in [2.75, 3.05) is 0 Å². The van der Waals surface area contributed by atoms with Gasteiger partial charge in [0.2, 0.25) is 0 Å². The van der Waals surface area contributed by atoms with Crippen LogP contribution in [0.25, 0.3) is 21.8 Å². The summed E-state index contributed by atoms with van der Waals surface area (Å²) in [6.07, 6.45) is -5.79. The molecular formula is C20H11ClF6N2. The van der Waals surface area contributed by atoms with Crippen LogP contribution in [0.4, 0.5) is 26.3 Å². The van der Waals surface area contributed by atoms with Crippen LogP contribution < -0.4 is 0 Å². The fraction of sp³-hybridized carbons (Fsp3) is 0.100. The van der Waals surface area contributed by atoms with Crippen molar-refractivity contribution >= 4 is 33.4 Å². The summed E-state index contributed by atoms with van der Waals surface area (Å²) in [5.41, 5.74) is -0.770. The smallest absolute Gasteiger partial charge is 0.256 e. The third kappa shape index (κ3) is 4.95. The predicted octanol–water partition coefficient (Wildman–Crippen LogP) is 7.16. The molecule has 0 fully saturated rings. The Balaban J connectivity index is 0.000000166. The van der Waals surface area contributed by atoms with E-state index in [1.165, 1.54) is 30.6 Å². The number of hydrogen-bond donors (Lipinski definition) is 0. The Labute approximate surface area is 165 Å². The molecular weight excluding hydrogens is 418 g/mol. The molecule has 0 N–H and O–H groups in total. The third-order valence-corrected chi connectivity index (χ3v) is 4.28. The van der Waals surface area contributed by atoms with Gasteiger partial charge in [-0.05, 0) is 36.4 Å². The van der Waals surface area contributed by atoms with Crippen molar-refractivity contribution in [3.05, 3.63) is 83.1 Å². The molecule has 0 bridgehead atoms. The average molecular weight is 429 g/mol. The third-order valence-electron chi connectivity index (χ3n) is 3.95. The molecule has 4 rings (SSSR count). The zero-order chi connectivity index (χ0) is 21.2. The van der Waals surface area contributed by atoms with Crippen LogP contribution in [0.3, 0.4) is 0 Å². The summed E-state index contributed by atoms with van der Waals surface area (Å²) in [4.78, 5) is 7.69. The van der Waals surface area contributed by atoms with Gasteiger partial charge in [0.05, 0.1) is 27.2 Å². The van der Waals surface area contributed by atoms with Gasteiger partial charge in [-0.1, -0.05) is 29.8 Å². The normalized spacial score (nSPS) is 12.0. The van der Waals surface area contributed by atoms with Crippen LogP contribution in [0, 0.1) is 0 Å². The molecule has 0 spiro atoms. The molecule has 150 valence electrons. The Kier molecular flexibility index (Phi) is 5.66. The molecule has 2 aromatic heterocycles. The van der Waals surface area contributed by atoms with Crippen molar-refractivity contribution in [3.8, 4) is 0 Å². The van der Waals surface area contributed by atoms with E-state index in [9.17, 15) is 26.3 Å². The van der Waals surface area contributed by atoms with Crippen LogP contribution in [-0.2, 0) is 12.4 Å². The number of pyridine rings is 2. The predicted molar refractivity (Wildman–Crippen MR) is 98.5 cm³/mol. The Hall–Kier alpha value is -2.87. The maximum Gasteiger partial charge on any atom is 0.416 e. The Bertz CT molecular complexity index is 1150. The number of halogens is 7. The highest BCUT2D eigenvalue weighted by Crippen LogP contribution is 2.32. The maximum absolute atomic E-state index is 12.4. The van der Waals surface area contributed by atoms with Crippen molar-refractivity contribution in [2.24, 2.45) is 0 Å². The Morgan fingerprint density at radius 3 is 1.90 bits per heavy atom. The summed E-state index contributed by atoms with van der Waals surface area (Å²) >= 11 is 5.80. The van der Waals surface area contributed by atoms with Gasteiger partial charge in [0.1, 0.15) is 0 Å². The molecule has 9 heteroatoms. The van der Waals surface area contributed by atoms with E-state index >= 15 is 0 Å². The molecule has 0 radical (unpaired) electrons. The minimum Gasteiger partial charge on any atom is -0.256 e. The van der Waals surface area contributed by atoms with Gasteiger partial charge in [0.15, 0.2) is 0 Å². The van der Waals surface area contributed by atoms with Gasteiger partial charge >= 0.3 is 12.4 Å². The lowest BCUT2D eigenvalue weighted by Gasteiger charge is -2.07. The largest absolute Gasteiger partial charge is 0.416 e. The van der Waals surface area contributed by atoms with Crippen LogP contribution in [0.15, 0.2) is 67.0 Å². The molecule has 2 aromatic carbocycles. The van der Waals surface area contributed by atoms with E-state index in [1.54, 1.807) is 12.1 Å². The highest BCUT2D eigenvalue weighted by atomic mass is 35.5. The molecule has 4 aromatic rings. The second kappa shape index (κ2) is 7.87. The van der Waals surface area contributed by atoms with Crippen LogP contribution in [0.5, 0.6) is 0 Å². The van der Waals surface area contributed by atoms with E-state index < -0.39 is 23.5 Å². The van der Waals surface area contributed by atoms with Crippen LogP contribution in [0.2, 0.25) is 5.02 Å². The van der Waals surface area contributed by atoms with Crippen molar-refractivity contribution in [3.63, 3.8) is 0 Å². The van der Waals surface area contributed by atoms with Gasteiger partial charge in [0.25, 0.3) is 0 Å². The summed E-state index contributed by atoms with van der Waals surface area (Å²) in [5, 5.41) is 1.63. The first-order valence-electron chi connectivity index (χ1n) is 8.09. The average Bonchev–Trinajstić information content (AvgIpc) is 2.67. The molecule has 0 amide bonds. The van der Waals surface area contributed by atoms with Gasteiger partial charge in [-0.2, -0.15) is 26.3 Å². The van der Waals surface area contributed by atoms with Crippen molar-refractivity contribution in [2.45, 2.75) is 12.4 Å². The quantitative estimate of drug-likeness (QED) is 0.278. The van der Waals surface area contributed by atoms with Crippen LogP contribution in [-0.4, -0.2) is 9.97 Å². The van der Waals surface area contributed by atoms with E-state index in [-0.39, 0.29) is 5.52 Å². The van der Waals surface area contributed by atoms with Gasteiger partial charge in [-0.3, -0.25) is 9.97 Å². The van der Waals surface area contributed by atoms with E-state index in [0.717, 1.165) is 24.3 Å². The molecule has 0 unspecified atom stereocenters. The molecule has 0 saturated carbocycles. The summed E-state index contributed by atoms with van der Waals surface area (Å²) in [7, 11) is 0. The first kappa shape index (κ1) is 20.9. The second-order valence-electron chi connectivity index (χ2n) is 5.93. The molecule has 2 heterocycles. The number of fused-ring (bicyclic) bond motifs is 2. The number of rotatable bonds is 0. The Morgan fingerprint density at radius 1 is 0.655 bits per heavy atom. The van der Waals surface area contributed by atoms with Crippen molar-refractivity contribution in [1.82, 2.24) is 9.97 Å². The minimum atomic E-state index is -4.35. The lowest BCUT2D eigenvalue weighted by atomic mass is 10.1.